The van der Waals surface area contributed by atoms with Crippen molar-refractivity contribution in [2.45, 2.75) is 84.6 Å². The third-order valence-electron chi connectivity index (χ3n) is 4.71. The van der Waals surface area contributed by atoms with Gasteiger partial charge in [-0.2, -0.15) is 5.10 Å². The number of hydrazone groups is 1. The molecule has 8 heteroatoms. The first-order chi connectivity index (χ1) is 11.8. The fraction of sp³-hybridized carbons (Fsp3) is 0.889. The van der Waals surface area contributed by atoms with E-state index in [1.165, 1.54) is 0 Å². The van der Waals surface area contributed by atoms with Gasteiger partial charge < -0.3 is 24.1 Å². The Morgan fingerprint density at radius 1 is 1.35 bits per heavy atom. The summed E-state index contributed by atoms with van der Waals surface area (Å²) in [6, 6.07) is 0. The van der Waals surface area contributed by atoms with Crippen LogP contribution in [0.5, 0.6) is 0 Å². The minimum Gasteiger partial charge on any atom is -0.461 e. The van der Waals surface area contributed by atoms with Crippen molar-refractivity contribution in [2.75, 3.05) is 19.8 Å². The summed E-state index contributed by atoms with van der Waals surface area (Å²) in [5, 5.41) is 4.24. The molecule has 152 valence electrons. The molecule has 0 spiro atoms. The summed E-state index contributed by atoms with van der Waals surface area (Å²) in [6.45, 7) is 19.3. The van der Waals surface area contributed by atoms with E-state index in [0.717, 1.165) is 0 Å². The maximum atomic E-state index is 12.6. The number of carbonyl (C=O) groups excluding carboxylic acids is 1. The van der Waals surface area contributed by atoms with Gasteiger partial charge in [-0.3, -0.25) is 0 Å². The second-order valence-electron chi connectivity index (χ2n) is 8.40. The quantitative estimate of drug-likeness (QED) is 0.298. The van der Waals surface area contributed by atoms with Crippen LogP contribution in [0.3, 0.4) is 0 Å². The minimum absolute atomic E-state index is 0.0296. The first-order valence-electron chi connectivity index (χ1n) is 9.31. The van der Waals surface area contributed by atoms with Crippen LogP contribution in [0.15, 0.2) is 5.10 Å². The molecule has 2 atom stereocenters. The van der Waals surface area contributed by atoms with E-state index in [-0.39, 0.29) is 17.4 Å². The van der Waals surface area contributed by atoms with Crippen LogP contribution in [-0.4, -0.2) is 57.8 Å². The molecule has 0 radical (unpaired) electrons. The Morgan fingerprint density at radius 3 is 2.38 bits per heavy atom. The molecular formula is C18H36N2O5Si. The van der Waals surface area contributed by atoms with E-state index in [0.29, 0.717) is 13.2 Å². The number of hydrogen-bond donors (Lipinski definition) is 1. The summed E-state index contributed by atoms with van der Waals surface area (Å²) in [5.74, 6) is -1.22. The minimum atomic E-state index is -2.20. The first-order valence-corrected chi connectivity index (χ1v) is 12.2. The average molecular weight is 389 g/mol. The molecule has 7 nitrogen and oxygen atoms in total. The maximum Gasteiger partial charge on any atom is 0.357 e. The SMILES string of the molecule is CCNN=C(C(=O)OCC)[C@H](O[Si](C)(C)C(C)(C)C)[C@H]1COC(C)(C)O1. The highest BCUT2D eigenvalue weighted by Crippen LogP contribution is 2.39. The Morgan fingerprint density at radius 2 is 1.96 bits per heavy atom. The second-order valence-corrected chi connectivity index (χ2v) is 13.2. The number of carbonyl (C=O) groups is 1. The van der Waals surface area contributed by atoms with E-state index < -0.39 is 32.3 Å². The van der Waals surface area contributed by atoms with Crippen molar-refractivity contribution in [1.29, 1.82) is 0 Å². The molecule has 1 saturated heterocycles. The van der Waals surface area contributed by atoms with Crippen molar-refractivity contribution in [3.05, 3.63) is 0 Å². The lowest BCUT2D eigenvalue weighted by molar-refractivity contribution is -0.147. The van der Waals surface area contributed by atoms with Crippen LogP contribution >= 0.6 is 0 Å². The summed E-state index contributed by atoms with van der Waals surface area (Å²) in [4.78, 5) is 12.6. The molecule has 1 rings (SSSR count). The van der Waals surface area contributed by atoms with E-state index in [9.17, 15) is 4.79 Å². The lowest BCUT2D eigenvalue weighted by Crippen LogP contribution is -2.53. The predicted octanol–water partition coefficient (Wildman–Crippen LogP) is 3.06. The van der Waals surface area contributed by atoms with E-state index in [2.05, 4.69) is 44.4 Å². The van der Waals surface area contributed by atoms with Gasteiger partial charge in [-0.05, 0) is 45.8 Å². The van der Waals surface area contributed by atoms with Crippen LogP contribution < -0.4 is 5.43 Å². The van der Waals surface area contributed by atoms with Crippen molar-refractivity contribution in [3.63, 3.8) is 0 Å². The van der Waals surface area contributed by atoms with Gasteiger partial charge in [0.25, 0.3) is 0 Å². The molecule has 1 fully saturated rings. The molecule has 1 aliphatic heterocycles. The molecule has 1 N–H and O–H groups in total. The molecule has 1 heterocycles. The van der Waals surface area contributed by atoms with Crippen molar-refractivity contribution >= 4 is 20.0 Å². The van der Waals surface area contributed by atoms with Crippen LogP contribution in [0, 0.1) is 0 Å². The fourth-order valence-corrected chi connectivity index (χ4v) is 3.51. The van der Waals surface area contributed by atoms with Crippen molar-refractivity contribution in [1.82, 2.24) is 5.43 Å². The molecule has 0 bridgehead atoms. The van der Waals surface area contributed by atoms with Gasteiger partial charge in [0, 0.05) is 6.54 Å². The van der Waals surface area contributed by atoms with Crippen LogP contribution in [0.1, 0.15) is 48.5 Å². The number of rotatable bonds is 8. The molecule has 0 aromatic heterocycles. The summed E-state index contributed by atoms with van der Waals surface area (Å²) in [6.07, 6.45) is -1.09. The Bertz CT molecular complexity index is 514. The van der Waals surface area contributed by atoms with Gasteiger partial charge >= 0.3 is 5.97 Å². The lowest BCUT2D eigenvalue weighted by atomic mass is 10.1. The van der Waals surface area contributed by atoms with E-state index in [1.807, 2.05) is 20.8 Å². The molecule has 0 aromatic rings. The Kier molecular flexibility index (Phi) is 7.83. The average Bonchev–Trinajstić information content (AvgIpc) is 2.85. The molecule has 0 aromatic carbocycles. The molecule has 1 aliphatic rings. The second kappa shape index (κ2) is 8.82. The van der Waals surface area contributed by atoms with Gasteiger partial charge in [0.2, 0.25) is 0 Å². The van der Waals surface area contributed by atoms with Crippen LogP contribution in [-0.2, 0) is 23.4 Å². The number of esters is 1. The molecule has 0 unspecified atom stereocenters. The molecule has 26 heavy (non-hydrogen) atoms. The first kappa shape index (κ1) is 23.1. The Balaban J connectivity index is 3.25. The van der Waals surface area contributed by atoms with Crippen molar-refractivity contribution in [3.8, 4) is 0 Å². The molecular weight excluding hydrogens is 352 g/mol. The van der Waals surface area contributed by atoms with Crippen LogP contribution in [0.4, 0.5) is 0 Å². The summed E-state index contributed by atoms with van der Waals surface area (Å²) >= 11 is 0. The van der Waals surface area contributed by atoms with Crippen LogP contribution in [0.25, 0.3) is 0 Å². The predicted molar refractivity (Wildman–Crippen MR) is 105 cm³/mol. The van der Waals surface area contributed by atoms with Crippen LogP contribution in [0.2, 0.25) is 18.1 Å². The maximum absolute atomic E-state index is 12.6. The third-order valence-corrected chi connectivity index (χ3v) is 9.16. The smallest absolute Gasteiger partial charge is 0.357 e. The van der Waals surface area contributed by atoms with Crippen molar-refractivity contribution in [2.24, 2.45) is 5.10 Å². The van der Waals surface area contributed by atoms with E-state index in [1.54, 1.807) is 6.92 Å². The summed E-state index contributed by atoms with van der Waals surface area (Å²) < 4.78 is 23.5. The highest BCUT2D eigenvalue weighted by molar-refractivity contribution is 6.74. The van der Waals surface area contributed by atoms with Gasteiger partial charge in [0.1, 0.15) is 12.2 Å². The highest BCUT2D eigenvalue weighted by Gasteiger charge is 2.47. The zero-order chi connectivity index (χ0) is 20.2. The lowest BCUT2D eigenvalue weighted by Gasteiger charge is -2.40. The number of nitrogens with one attached hydrogen (secondary N) is 1. The standard InChI is InChI=1S/C18H36N2O5Si/c1-10-19-20-14(16(21)22-11-2)15(13-12-23-18(6,7)24-13)25-26(8,9)17(3,4)5/h13,15,19H,10-12H2,1-9H3/t13-,15-/m1/s1. The molecule has 0 amide bonds. The summed E-state index contributed by atoms with van der Waals surface area (Å²) in [5.41, 5.74) is 3.06. The fourth-order valence-electron chi connectivity index (χ4n) is 2.26. The van der Waals surface area contributed by atoms with Gasteiger partial charge in [-0.25, -0.2) is 4.79 Å². The Labute approximate surface area is 158 Å². The molecule has 0 aliphatic carbocycles. The Hall–Kier alpha value is -0.963. The van der Waals surface area contributed by atoms with E-state index in [4.69, 9.17) is 18.6 Å². The van der Waals surface area contributed by atoms with Gasteiger partial charge in [-0.15, -0.1) is 0 Å². The third kappa shape index (κ3) is 6.04. The number of ether oxygens (including phenoxy) is 3. The highest BCUT2D eigenvalue weighted by atomic mass is 28.4. The zero-order valence-corrected chi connectivity index (χ0v) is 18.8. The van der Waals surface area contributed by atoms with Crippen molar-refractivity contribution < 1.29 is 23.4 Å². The number of hydrogen-bond acceptors (Lipinski definition) is 7. The van der Waals surface area contributed by atoms with Gasteiger partial charge in [-0.1, -0.05) is 20.8 Å². The molecule has 0 saturated carbocycles. The van der Waals surface area contributed by atoms with Gasteiger partial charge in [0.05, 0.1) is 13.2 Å². The zero-order valence-electron chi connectivity index (χ0n) is 17.8. The van der Waals surface area contributed by atoms with Gasteiger partial charge in [0.15, 0.2) is 19.8 Å². The van der Waals surface area contributed by atoms with E-state index >= 15 is 0 Å². The topological polar surface area (TPSA) is 78.4 Å². The largest absolute Gasteiger partial charge is 0.461 e. The number of nitrogens with zero attached hydrogens (tertiary/aromatic N) is 1. The summed E-state index contributed by atoms with van der Waals surface area (Å²) in [7, 11) is -2.20. The monoisotopic (exact) mass is 388 g/mol. The normalized spacial score (nSPS) is 22.2.